The van der Waals surface area contributed by atoms with Crippen LogP contribution in [0.1, 0.15) is 12.8 Å². The van der Waals surface area contributed by atoms with Crippen molar-refractivity contribution in [2.75, 3.05) is 40.3 Å². The Hall–Kier alpha value is -0.610. The summed E-state index contributed by atoms with van der Waals surface area (Å²) in [6, 6.07) is 0. The molecule has 0 unspecified atom stereocenters. The summed E-state index contributed by atoms with van der Waals surface area (Å²) in [6.07, 6.45) is 2.49. The van der Waals surface area contributed by atoms with E-state index in [2.05, 4.69) is 22.6 Å². The molecule has 2 N–H and O–H groups in total. The molecule has 4 nitrogen and oxygen atoms in total. The molecular weight excluding hydrogens is 202 g/mol. The van der Waals surface area contributed by atoms with Crippen LogP contribution in [0.15, 0.2) is 0 Å². The molecule has 0 aliphatic carbocycles. The van der Waals surface area contributed by atoms with Gasteiger partial charge in [0.25, 0.3) is 0 Å². The van der Waals surface area contributed by atoms with E-state index in [1.807, 2.05) is 0 Å². The van der Waals surface area contributed by atoms with Crippen molar-refractivity contribution in [1.82, 2.24) is 15.5 Å². The van der Waals surface area contributed by atoms with Crippen LogP contribution in [0.2, 0.25) is 0 Å². The van der Waals surface area contributed by atoms with Crippen molar-refractivity contribution in [3.05, 3.63) is 0 Å². The minimum Gasteiger partial charge on any atom is -0.359 e. The van der Waals surface area contributed by atoms with Crippen LogP contribution in [0, 0.1) is 17.8 Å². The summed E-state index contributed by atoms with van der Waals surface area (Å²) in [6.45, 7) is 4.24. The van der Waals surface area contributed by atoms with E-state index in [1.54, 1.807) is 7.05 Å². The standard InChI is InChI=1S/C12H23N3O/c1-13-12(16)11-8-14-7-10(11)9-3-5-15(2)6-4-9/h9-11,14H,3-8H2,1-2H3,(H,13,16)/t10-,11+/m0/s1. The maximum Gasteiger partial charge on any atom is 0.224 e. The van der Waals surface area contributed by atoms with E-state index in [4.69, 9.17) is 0 Å². The highest BCUT2D eigenvalue weighted by Crippen LogP contribution is 2.32. The summed E-state index contributed by atoms with van der Waals surface area (Å²) in [5.41, 5.74) is 0. The molecule has 2 atom stereocenters. The molecule has 0 aromatic rings. The van der Waals surface area contributed by atoms with Crippen molar-refractivity contribution >= 4 is 5.91 Å². The first-order chi connectivity index (χ1) is 7.72. The number of nitrogens with one attached hydrogen (secondary N) is 2. The number of piperidine rings is 1. The molecule has 2 aliphatic heterocycles. The summed E-state index contributed by atoms with van der Waals surface area (Å²) in [5.74, 6) is 1.69. The van der Waals surface area contributed by atoms with Crippen molar-refractivity contribution in [2.24, 2.45) is 17.8 Å². The second-order valence-electron chi connectivity index (χ2n) is 5.18. The second kappa shape index (κ2) is 5.15. The molecule has 0 saturated carbocycles. The molecule has 0 aromatic heterocycles. The summed E-state index contributed by atoms with van der Waals surface area (Å²) < 4.78 is 0. The summed E-state index contributed by atoms with van der Waals surface area (Å²) >= 11 is 0. The van der Waals surface area contributed by atoms with Crippen LogP contribution in [-0.2, 0) is 4.79 Å². The van der Waals surface area contributed by atoms with Crippen molar-refractivity contribution in [1.29, 1.82) is 0 Å². The van der Waals surface area contributed by atoms with E-state index in [-0.39, 0.29) is 11.8 Å². The minimum absolute atomic E-state index is 0.193. The number of rotatable bonds is 2. The molecule has 2 aliphatic rings. The molecule has 2 saturated heterocycles. The van der Waals surface area contributed by atoms with E-state index in [9.17, 15) is 4.79 Å². The zero-order valence-corrected chi connectivity index (χ0v) is 10.3. The largest absolute Gasteiger partial charge is 0.359 e. The van der Waals surface area contributed by atoms with Gasteiger partial charge >= 0.3 is 0 Å². The predicted octanol–water partition coefficient (Wildman–Crippen LogP) is -0.0902. The predicted molar refractivity (Wildman–Crippen MR) is 64.1 cm³/mol. The highest BCUT2D eigenvalue weighted by molar-refractivity contribution is 5.79. The molecule has 16 heavy (non-hydrogen) atoms. The molecule has 2 fully saturated rings. The summed E-state index contributed by atoms with van der Waals surface area (Å²) in [7, 11) is 3.92. The van der Waals surface area contributed by atoms with E-state index in [1.165, 1.54) is 25.9 Å². The fraction of sp³-hybridized carbons (Fsp3) is 0.917. The van der Waals surface area contributed by atoms with Crippen molar-refractivity contribution in [3.63, 3.8) is 0 Å². The first kappa shape index (κ1) is 11.9. The van der Waals surface area contributed by atoms with Gasteiger partial charge < -0.3 is 15.5 Å². The molecule has 92 valence electrons. The minimum atomic E-state index is 0.193. The van der Waals surface area contributed by atoms with Gasteiger partial charge in [0.1, 0.15) is 0 Å². The Morgan fingerprint density at radius 3 is 2.62 bits per heavy atom. The van der Waals surface area contributed by atoms with Gasteiger partial charge in [0, 0.05) is 13.6 Å². The first-order valence-corrected chi connectivity index (χ1v) is 6.33. The van der Waals surface area contributed by atoms with Gasteiger partial charge in [0.15, 0.2) is 0 Å². The Kier molecular flexibility index (Phi) is 3.82. The van der Waals surface area contributed by atoms with Gasteiger partial charge in [-0.1, -0.05) is 0 Å². The van der Waals surface area contributed by atoms with Crippen LogP contribution < -0.4 is 10.6 Å². The fourth-order valence-corrected chi connectivity index (χ4v) is 3.12. The lowest BCUT2D eigenvalue weighted by molar-refractivity contribution is -0.125. The number of amides is 1. The molecule has 1 amide bonds. The lowest BCUT2D eigenvalue weighted by Gasteiger charge is -2.34. The molecule has 0 aromatic carbocycles. The third-order valence-corrected chi connectivity index (χ3v) is 4.21. The number of hydrogen-bond acceptors (Lipinski definition) is 3. The monoisotopic (exact) mass is 225 g/mol. The zero-order valence-electron chi connectivity index (χ0n) is 10.3. The van der Waals surface area contributed by atoms with Crippen molar-refractivity contribution < 1.29 is 4.79 Å². The zero-order chi connectivity index (χ0) is 11.5. The Bertz CT molecular complexity index is 249. The first-order valence-electron chi connectivity index (χ1n) is 6.33. The summed E-state index contributed by atoms with van der Waals surface area (Å²) in [5, 5.41) is 6.17. The normalized spacial score (nSPS) is 32.9. The third kappa shape index (κ3) is 2.38. The maximum atomic E-state index is 11.8. The smallest absolute Gasteiger partial charge is 0.224 e. The maximum absolute atomic E-state index is 11.8. The average Bonchev–Trinajstić information content (AvgIpc) is 2.78. The van der Waals surface area contributed by atoms with Crippen LogP contribution in [0.5, 0.6) is 0 Å². The van der Waals surface area contributed by atoms with Crippen LogP contribution in [0.3, 0.4) is 0 Å². The number of nitrogens with zero attached hydrogens (tertiary/aromatic N) is 1. The molecule has 0 spiro atoms. The number of carbonyl (C=O) groups excluding carboxylic acids is 1. The van der Waals surface area contributed by atoms with E-state index >= 15 is 0 Å². The Morgan fingerprint density at radius 1 is 1.31 bits per heavy atom. The Labute approximate surface area is 97.8 Å². The van der Waals surface area contributed by atoms with Gasteiger partial charge in [-0.05, 0) is 51.4 Å². The topological polar surface area (TPSA) is 44.4 Å². The lowest BCUT2D eigenvalue weighted by atomic mass is 9.78. The molecule has 4 heteroatoms. The summed E-state index contributed by atoms with van der Waals surface area (Å²) in [4.78, 5) is 14.2. The van der Waals surface area contributed by atoms with Crippen LogP contribution in [0.25, 0.3) is 0 Å². The van der Waals surface area contributed by atoms with Gasteiger partial charge in [-0.25, -0.2) is 0 Å². The van der Waals surface area contributed by atoms with Gasteiger partial charge in [0.05, 0.1) is 5.92 Å². The third-order valence-electron chi connectivity index (χ3n) is 4.21. The van der Waals surface area contributed by atoms with E-state index < -0.39 is 0 Å². The molecule has 2 rings (SSSR count). The van der Waals surface area contributed by atoms with Crippen molar-refractivity contribution in [2.45, 2.75) is 12.8 Å². The quantitative estimate of drug-likeness (QED) is 0.690. The number of hydrogen-bond donors (Lipinski definition) is 2. The highest BCUT2D eigenvalue weighted by Gasteiger charge is 2.38. The fourth-order valence-electron chi connectivity index (χ4n) is 3.12. The molecule has 0 radical (unpaired) electrons. The van der Waals surface area contributed by atoms with Gasteiger partial charge in [0.2, 0.25) is 5.91 Å². The van der Waals surface area contributed by atoms with Crippen LogP contribution in [-0.4, -0.2) is 51.1 Å². The molecular formula is C12H23N3O. The second-order valence-corrected chi connectivity index (χ2v) is 5.18. The van der Waals surface area contributed by atoms with Crippen LogP contribution >= 0.6 is 0 Å². The van der Waals surface area contributed by atoms with Gasteiger partial charge in [-0.2, -0.15) is 0 Å². The van der Waals surface area contributed by atoms with Gasteiger partial charge in [-0.3, -0.25) is 4.79 Å². The Morgan fingerprint density at radius 2 is 2.00 bits per heavy atom. The highest BCUT2D eigenvalue weighted by atomic mass is 16.1. The SMILES string of the molecule is CNC(=O)[C@@H]1CNC[C@H]1C1CCN(C)CC1. The number of likely N-dealkylation sites (tertiary alicyclic amines) is 1. The lowest BCUT2D eigenvalue weighted by Crippen LogP contribution is -2.39. The molecule has 0 bridgehead atoms. The Balaban J connectivity index is 1.94. The van der Waals surface area contributed by atoms with E-state index in [0.29, 0.717) is 5.92 Å². The average molecular weight is 225 g/mol. The van der Waals surface area contributed by atoms with Gasteiger partial charge in [-0.15, -0.1) is 0 Å². The van der Waals surface area contributed by atoms with Crippen molar-refractivity contribution in [3.8, 4) is 0 Å². The van der Waals surface area contributed by atoms with E-state index in [0.717, 1.165) is 19.0 Å². The van der Waals surface area contributed by atoms with Crippen LogP contribution in [0.4, 0.5) is 0 Å². The number of carbonyl (C=O) groups is 1. The molecule has 2 heterocycles.